The van der Waals surface area contributed by atoms with E-state index in [1.165, 1.54) is 6.20 Å². The minimum atomic E-state index is -3.47. The van der Waals surface area contributed by atoms with Crippen LogP contribution in [0.2, 0.25) is 4.47 Å². The first-order chi connectivity index (χ1) is 7.51. The molecule has 1 aliphatic carbocycles. The third kappa shape index (κ3) is 2.54. The highest BCUT2D eigenvalue weighted by Crippen LogP contribution is 2.27. The number of hydrogen-bond donors (Lipinski definition) is 1. The van der Waals surface area contributed by atoms with E-state index in [9.17, 15) is 8.42 Å². The summed E-state index contributed by atoms with van der Waals surface area (Å²) in [5.41, 5.74) is 0. The minimum absolute atomic E-state index is 0.0455. The number of hydrogen-bond acceptors (Lipinski definition) is 5. The van der Waals surface area contributed by atoms with Crippen molar-refractivity contribution in [1.29, 1.82) is 0 Å². The summed E-state index contributed by atoms with van der Waals surface area (Å²) in [6.45, 7) is 0. The molecule has 5 nitrogen and oxygen atoms in total. The molecule has 0 saturated heterocycles. The van der Waals surface area contributed by atoms with Gasteiger partial charge in [-0.2, -0.15) is 0 Å². The number of sulfonamides is 1. The van der Waals surface area contributed by atoms with Crippen LogP contribution in [-0.4, -0.2) is 32.7 Å². The average Bonchev–Trinajstić information content (AvgIpc) is 2.58. The second kappa shape index (κ2) is 4.58. The lowest BCUT2D eigenvalue weighted by Crippen LogP contribution is -2.47. The summed E-state index contributed by atoms with van der Waals surface area (Å²) in [5, 5.41) is 0. The predicted molar refractivity (Wildman–Crippen MR) is 61.3 cm³/mol. The Kier molecular flexibility index (Phi) is 3.50. The number of ether oxygens (including phenoxy) is 1. The van der Waals surface area contributed by atoms with Gasteiger partial charge in [0, 0.05) is 13.2 Å². The molecular formula is C8H11ClN2O3S2. The van der Waals surface area contributed by atoms with Crippen molar-refractivity contribution in [2.75, 3.05) is 7.11 Å². The van der Waals surface area contributed by atoms with Gasteiger partial charge in [0.25, 0.3) is 10.0 Å². The van der Waals surface area contributed by atoms with E-state index in [-0.39, 0.29) is 20.8 Å². The largest absolute Gasteiger partial charge is 0.381 e. The maximum atomic E-state index is 11.8. The van der Waals surface area contributed by atoms with Crippen molar-refractivity contribution in [3.8, 4) is 0 Å². The molecule has 1 aliphatic rings. The van der Waals surface area contributed by atoms with Gasteiger partial charge in [0.05, 0.1) is 12.3 Å². The zero-order valence-electron chi connectivity index (χ0n) is 8.51. The number of nitrogens with one attached hydrogen (secondary N) is 1. The highest BCUT2D eigenvalue weighted by molar-refractivity contribution is 7.91. The van der Waals surface area contributed by atoms with E-state index in [4.69, 9.17) is 16.3 Å². The van der Waals surface area contributed by atoms with Gasteiger partial charge in [-0.05, 0) is 12.8 Å². The SMILES string of the molecule is COC1CC(NS(=O)(=O)c2cnc(Cl)s2)C1. The Morgan fingerprint density at radius 1 is 1.62 bits per heavy atom. The lowest BCUT2D eigenvalue weighted by atomic mass is 9.90. The van der Waals surface area contributed by atoms with Gasteiger partial charge in [-0.1, -0.05) is 22.9 Å². The minimum Gasteiger partial charge on any atom is -0.381 e. The van der Waals surface area contributed by atoms with Crippen molar-refractivity contribution in [2.24, 2.45) is 0 Å². The van der Waals surface area contributed by atoms with Gasteiger partial charge in [0.2, 0.25) is 0 Å². The normalized spacial score (nSPS) is 25.4. The van der Waals surface area contributed by atoms with Gasteiger partial charge in [0.1, 0.15) is 0 Å². The third-order valence-corrected chi connectivity index (χ3v) is 5.57. The summed E-state index contributed by atoms with van der Waals surface area (Å²) in [6.07, 6.45) is 2.85. The lowest BCUT2D eigenvalue weighted by molar-refractivity contribution is 0.0236. The molecule has 0 bridgehead atoms. The second-order valence-corrected chi connectivity index (χ2v) is 7.13. The van der Waals surface area contributed by atoms with Crippen LogP contribution >= 0.6 is 22.9 Å². The number of halogens is 1. The number of methoxy groups -OCH3 is 1. The molecular weight excluding hydrogens is 272 g/mol. The van der Waals surface area contributed by atoms with Crippen LogP contribution in [0.4, 0.5) is 0 Å². The average molecular weight is 283 g/mol. The van der Waals surface area contributed by atoms with Gasteiger partial charge in [-0.25, -0.2) is 18.1 Å². The molecule has 90 valence electrons. The first kappa shape index (κ1) is 12.3. The Morgan fingerprint density at radius 3 is 2.81 bits per heavy atom. The van der Waals surface area contributed by atoms with Crippen molar-refractivity contribution in [3.05, 3.63) is 10.7 Å². The maximum Gasteiger partial charge on any atom is 0.251 e. The van der Waals surface area contributed by atoms with Gasteiger partial charge in [-0.15, -0.1) is 0 Å². The molecule has 1 fully saturated rings. The van der Waals surface area contributed by atoms with Crippen LogP contribution in [0.3, 0.4) is 0 Å². The summed E-state index contributed by atoms with van der Waals surface area (Å²) in [7, 11) is -1.84. The van der Waals surface area contributed by atoms with Gasteiger partial charge < -0.3 is 4.74 Å². The quantitative estimate of drug-likeness (QED) is 0.902. The van der Waals surface area contributed by atoms with Crippen LogP contribution in [0.5, 0.6) is 0 Å². The molecule has 16 heavy (non-hydrogen) atoms. The van der Waals surface area contributed by atoms with Crippen LogP contribution in [0.15, 0.2) is 10.4 Å². The second-order valence-electron chi connectivity index (χ2n) is 3.58. The lowest BCUT2D eigenvalue weighted by Gasteiger charge is -2.34. The maximum absolute atomic E-state index is 11.8. The Balaban J connectivity index is 1.99. The first-order valence-electron chi connectivity index (χ1n) is 4.67. The molecule has 1 aromatic rings. The van der Waals surface area contributed by atoms with Crippen molar-refractivity contribution in [2.45, 2.75) is 29.2 Å². The zero-order chi connectivity index (χ0) is 11.8. The van der Waals surface area contributed by atoms with Crippen LogP contribution < -0.4 is 4.72 Å². The molecule has 1 aromatic heterocycles. The van der Waals surface area contributed by atoms with E-state index in [0.29, 0.717) is 12.8 Å². The Morgan fingerprint density at radius 2 is 2.31 bits per heavy atom. The van der Waals surface area contributed by atoms with Crippen LogP contribution in [0.1, 0.15) is 12.8 Å². The van der Waals surface area contributed by atoms with E-state index in [1.807, 2.05) is 0 Å². The van der Waals surface area contributed by atoms with Gasteiger partial charge in [-0.3, -0.25) is 0 Å². The fourth-order valence-electron chi connectivity index (χ4n) is 1.50. The van der Waals surface area contributed by atoms with E-state index in [1.54, 1.807) is 7.11 Å². The van der Waals surface area contributed by atoms with Crippen LogP contribution in [-0.2, 0) is 14.8 Å². The van der Waals surface area contributed by atoms with Crippen LogP contribution in [0.25, 0.3) is 0 Å². The zero-order valence-corrected chi connectivity index (χ0v) is 10.9. The van der Waals surface area contributed by atoms with Crippen molar-refractivity contribution >= 4 is 33.0 Å². The van der Waals surface area contributed by atoms with Crippen molar-refractivity contribution in [1.82, 2.24) is 9.71 Å². The summed E-state index contributed by atoms with van der Waals surface area (Å²) >= 11 is 6.54. The summed E-state index contributed by atoms with van der Waals surface area (Å²) < 4.78 is 31.6. The molecule has 0 amide bonds. The molecule has 0 aliphatic heterocycles. The van der Waals surface area contributed by atoms with Gasteiger partial charge in [0.15, 0.2) is 8.68 Å². The molecule has 0 radical (unpaired) electrons. The third-order valence-electron chi connectivity index (χ3n) is 2.47. The predicted octanol–water partition coefficient (Wildman–Crippen LogP) is 1.25. The fourth-order valence-corrected chi connectivity index (χ4v) is 4.07. The van der Waals surface area contributed by atoms with E-state index in [0.717, 1.165) is 11.3 Å². The number of aromatic nitrogens is 1. The molecule has 0 atom stereocenters. The number of thiazole rings is 1. The summed E-state index contributed by atoms with van der Waals surface area (Å²) in [4.78, 5) is 3.71. The van der Waals surface area contributed by atoms with Crippen LogP contribution in [0, 0.1) is 0 Å². The Hall–Kier alpha value is -0.210. The molecule has 0 spiro atoms. The van der Waals surface area contributed by atoms with Gasteiger partial charge >= 0.3 is 0 Å². The molecule has 1 N–H and O–H groups in total. The highest BCUT2D eigenvalue weighted by atomic mass is 35.5. The first-order valence-corrected chi connectivity index (χ1v) is 7.35. The van der Waals surface area contributed by atoms with E-state index < -0.39 is 10.0 Å². The summed E-state index contributed by atoms with van der Waals surface area (Å²) in [6, 6.07) is -0.0455. The van der Waals surface area contributed by atoms with Crippen molar-refractivity contribution in [3.63, 3.8) is 0 Å². The van der Waals surface area contributed by atoms with E-state index >= 15 is 0 Å². The molecule has 0 aromatic carbocycles. The molecule has 0 unspecified atom stereocenters. The smallest absolute Gasteiger partial charge is 0.251 e. The molecule has 8 heteroatoms. The monoisotopic (exact) mass is 282 g/mol. The molecule has 2 rings (SSSR count). The summed E-state index contributed by atoms with van der Waals surface area (Å²) in [5.74, 6) is 0. The Labute approximate surface area is 103 Å². The number of rotatable bonds is 4. The van der Waals surface area contributed by atoms with Crippen molar-refractivity contribution < 1.29 is 13.2 Å². The van der Waals surface area contributed by atoms with E-state index in [2.05, 4.69) is 9.71 Å². The topological polar surface area (TPSA) is 68.3 Å². The molecule has 1 heterocycles. The standard InChI is InChI=1S/C8H11ClN2O3S2/c1-14-6-2-5(3-6)11-16(12,13)7-4-10-8(9)15-7/h4-6,11H,2-3H2,1H3. The molecule has 1 saturated carbocycles. The number of nitrogens with zero attached hydrogens (tertiary/aromatic N) is 1. The fraction of sp³-hybridized carbons (Fsp3) is 0.625. The highest BCUT2D eigenvalue weighted by Gasteiger charge is 2.33. The Bertz CT molecular complexity index is 467.